The third-order valence-electron chi connectivity index (χ3n) is 3.44. The van der Waals surface area contributed by atoms with Crippen molar-refractivity contribution in [1.82, 2.24) is 10.6 Å². The first-order chi connectivity index (χ1) is 12.1. The van der Waals surface area contributed by atoms with Gasteiger partial charge in [-0.3, -0.25) is 0 Å². The lowest BCUT2D eigenvalue weighted by Gasteiger charge is -2.13. The minimum atomic E-state index is -1.04. The van der Waals surface area contributed by atoms with Crippen molar-refractivity contribution < 1.29 is 23.8 Å². The van der Waals surface area contributed by atoms with Crippen LogP contribution in [0.4, 0.5) is 9.18 Å². The molecule has 0 spiro atoms. The minimum absolute atomic E-state index is 0.281. The fourth-order valence-electron chi connectivity index (χ4n) is 2.17. The zero-order chi connectivity index (χ0) is 18.1. The fraction of sp³-hybridized carbons (Fsp3) is 0.278. The van der Waals surface area contributed by atoms with E-state index in [1.165, 1.54) is 12.1 Å². The largest absolute Gasteiger partial charge is 0.493 e. The molecule has 7 heteroatoms. The lowest BCUT2D eigenvalue weighted by atomic mass is 10.2. The summed E-state index contributed by atoms with van der Waals surface area (Å²) in [5.41, 5.74) is 1.85. The predicted octanol–water partition coefficient (Wildman–Crippen LogP) is 2.77. The quantitative estimate of drug-likeness (QED) is 0.607. The van der Waals surface area contributed by atoms with E-state index in [9.17, 15) is 9.18 Å². The van der Waals surface area contributed by atoms with Gasteiger partial charge in [-0.15, -0.1) is 0 Å². The maximum absolute atomic E-state index is 12.9. The highest BCUT2D eigenvalue weighted by Crippen LogP contribution is 2.28. The monoisotopic (exact) mass is 348 g/mol. The Balaban J connectivity index is 1.87. The van der Waals surface area contributed by atoms with E-state index in [-0.39, 0.29) is 5.82 Å². The van der Waals surface area contributed by atoms with Gasteiger partial charge in [0.1, 0.15) is 12.4 Å². The molecular formula is C18H21FN2O4. The summed E-state index contributed by atoms with van der Waals surface area (Å²) >= 11 is 0. The van der Waals surface area contributed by atoms with E-state index < -0.39 is 6.09 Å². The van der Waals surface area contributed by atoms with Crippen molar-refractivity contribution >= 4 is 6.09 Å². The molecule has 0 aromatic heterocycles. The van der Waals surface area contributed by atoms with Crippen LogP contribution in [0.3, 0.4) is 0 Å². The molecule has 6 nitrogen and oxygen atoms in total. The Bertz CT molecular complexity index is 692. The molecule has 0 bridgehead atoms. The van der Waals surface area contributed by atoms with Gasteiger partial charge in [0, 0.05) is 19.6 Å². The number of amides is 1. The second kappa shape index (κ2) is 9.48. The van der Waals surface area contributed by atoms with Gasteiger partial charge in [-0.1, -0.05) is 18.2 Å². The number of hydrogen-bond acceptors (Lipinski definition) is 4. The normalized spacial score (nSPS) is 10.3. The highest BCUT2D eigenvalue weighted by molar-refractivity contribution is 5.64. The second-order valence-electron chi connectivity index (χ2n) is 5.31. The van der Waals surface area contributed by atoms with E-state index >= 15 is 0 Å². The third kappa shape index (κ3) is 6.31. The molecule has 0 aliphatic rings. The number of rotatable bonds is 9. The molecule has 0 fully saturated rings. The summed E-state index contributed by atoms with van der Waals surface area (Å²) < 4.78 is 24.0. The van der Waals surface area contributed by atoms with Gasteiger partial charge in [0.05, 0.1) is 7.11 Å². The highest BCUT2D eigenvalue weighted by Gasteiger charge is 2.06. The summed E-state index contributed by atoms with van der Waals surface area (Å²) in [4.78, 5) is 10.3. The Morgan fingerprint density at radius 3 is 2.48 bits per heavy atom. The molecule has 2 rings (SSSR count). The van der Waals surface area contributed by atoms with Gasteiger partial charge in [0.2, 0.25) is 0 Å². The number of hydrogen-bond donors (Lipinski definition) is 3. The van der Waals surface area contributed by atoms with Crippen molar-refractivity contribution in [2.45, 2.75) is 13.2 Å². The van der Waals surface area contributed by atoms with E-state index in [1.807, 2.05) is 18.2 Å². The van der Waals surface area contributed by atoms with E-state index in [1.54, 1.807) is 19.2 Å². The van der Waals surface area contributed by atoms with Crippen LogP contribution in [-0.2, 0) is 13.2 Å². The molecule has 0 saturated carbocycles. The van der Waals surface area contributed by atoms with Gasteiger partial charge in [0.15, 0.2) is 11.5 Å². The van der Waals surface area contributed by atoms with Gasteiger partial charge in [0.25, 0.3) is 0 Å². The molecule has 0 saturated heterocycles. The third-order valence-corrected chi connectivity index (χ3v) is 3.44. The Morgan fingerprint density at radius 2 is 1.80 bits per heavy atom. The Labute approximate surface area is 145 Å². The van der Waals surface area contributed by atoms with Crippen LogP contribution in [0, 0.1) is 5.82 Å². The maximum atomic E-state index is 12.9. The summed E-state index contributed by atoms with van der Waals surface area (Å²) in [7, 11) is 1.56. The van der Waals surface area contributed by atoms with Crippen LogP contribution >= 0.6 is 0 Å². The van der Waals surface area contributed by atoms with Gasteiger partial charge in [-0.05, 0) is 35.4 Å². The molecular weight excluding hydrogens is 327 g/mol. The van der Waals surface area contributed by atoms with Crippen molar-refractivity contribution in [3.8, 4) is 11.5 Å². The van der Waals surface area contributed by atoms with Crippen LogP contribution < -0.4 is 20.1 Å². The average Bonchev–Trinajstić information content (AvgIpc) is 2.61. The van der Waals surface area contributed by atoms with Crippen LogP contribution in [0.5, 0.6) is 11.5 Å². The first-order valence-corrected chi connectivity index (χ1v) is 7.80. The highest BCUT2D eigenvalue weighted by atomic mass is 19.1. The van der Waals surface area contributed by atoms with Gasteiger partial charge in [-0.2, -0.15) is 0 Å². The Kier molecular flexibility index (Phi) is 7.03. The van der Waals surface area contributed by atoms with Crippen LogP contribution in [0.2, 0.25) is 0 Å². The number of carbonyl (C=O) groups is 1. The molecule has 3 N–H and O–H groups in total. The number of ether oxygens (including phenoxy) is 2. The number of nitrogens with one attached hydrogen (secondary N) is 2. The minimum Gasteiger partial charge on any atom is -0.493 e. The molecule has 134 valence electrons. The predicted molar refractivity (Wildman–Crippen MR) is 91.5 cm³/mol. The van der Waals surface area contributed by atoms with Crippen molar-refractivity contribution in [3.63, 3.8) is 0 Å². The molecule has 0 aliphatic carbocycles. The summed E-state index contributed by atoms with van der Waals surface area (Å²) in [6.45, 7) is 1.76. The van der Waals surface area contributed by atoms with E-state index in [0.29, 0.717) is 37.7 Å². The van der Waals surface area contributed by atoms with E-state index in [2.05, 4.69) is 10.6 Å². The van der Waals surface area contributed by atoms with Gasteiger partial charge < -0.3 is 25.2 Å². The standard InChI is InChI=1S/C18H21FN2O4/c1-24-17-10-14(11-20-8-9-21-18(22)23)4-7-16(17)25-12-13-2-5-15(19)6-3-13/h2-7,10,20-21H,8-9,11-12H2,1H3,(H,22,23). The number of benzene rings is 2. The molecule has 0 heterocycles. The second-order valence-corrected chi connectivity index (χ2v) is 5.31. The molecule has 0 unspecified atom stereocenters. The number of halogens is 1. The number of methoxy groups -OCH3 is 1. The average molecular weight is 348 g/mol. The summed E-state index contributed by atoms with van der Waals surface area (Å²) in [5, 5.41) is 13.9. The smallest absolute Gasteiger partial charge is 0.404 e. The van der Waals surface area contributed by atoms with Crippen LogP contribution in [0.25, 0.3) is 0 Å². The Morgan fingerprint density at radius 1 is 1.08 bits per heavy atom. The molecule has 0 radical (unpaired) electrons. The van der Waals surface area contributed by atoms with Crippen molar-refractivity contribution in [1.29, 1.82) is 0 Å². The first kappa shape index (κ1) is 18.5. The molecule has 0 aliphatic heterocycles. The summed E-state index contributed by atoms with van der Waals surface area (Å²) in [6.07, 6.45) is -1.04. The summed E-state index contributed by atoms with van der Waals surface area (Å²) in [5.74, 6) is 0.921. The Hall–Kier alpha value is -2.80. The first-order valence-electron chi connectivity index (χ1n) is 7.80. The molecule has 0 atom stereocenters. The SMILES string of the molecule is COc1cc(CNCCNC(=O)O)ccc1OCc1ccc(F)cc1. The van der Waals surface area contributed by atoms with Crippen LogP contribution in [0.1, 0.15) is 11.1 Å². The lowest BCUT2D eigenvalue weighted by molar-refractivity contribution is 0.194. The molecule has 1 amide bonds. The molecule has 2 aromatic carbocycles. The van der Waals surface area contributed by atoms with E-state index in [0.717, 1.165) is 11.1 Å². The van der Waals surface area contributed by atoms with Crippen molar-refractivity contribution in [2.24, 2.45) is 0 Å². The molecule has 25 heavy (non-hydrogen) atoms. The van der Waals surface area contributed by atoms with Gasteiger partial charge >= 0.3 is 6.09 Å². The van der Waals surface area contributed by atoms with Gasteiger partial charge in [-0.25, -0.2) is 9.18 Å². The summed E-state index contributed by atoms with van der Waals surface area (Å²) in [6, 6.07) is 11.7. The molecule has 2 aromatic rings. The fourth-order valence-corrected chi connectivity index (χ4v) is 2.17. The topological polar surface area (TPSA) is 79.8 Å². The lowest BCUT2D eigenvalue weighted by Crippen LogP contribution is -2.30. The van der Waals surface area contributed by atoms with Crippen LogP contribution in [-0.4, -0.2) is 31.4 Å². The van der Waals surface area contributed by atoms with E-state index in [4.69, 9.17) is 14.6 Å². The van der Waals surface area contributed by atoms with Crippen molar-refractivity contribution in [3.05, 3.63) is 59.4 Å². The zero-order valence-corrected chi connectivity index (χ0v) is 13.9. The zero-order valence-electron chi connectivity index (χ0n) is 13.9. The van der Waals surface area contributed by atoms with Crippen LogP contribution in [0.15, 0.2) is 42.5 Å². The van der Waals surface area contributed by atoms with Crippen molar-refractivity contribution in [2.75, 3.05) is 20.2 Å². The number of carboxylic acid groups (broad SMARTS) is 1. The maximum Gasteiger partial charge on any atom is 0.404 e.